The van der Waals surface area contributed by atoms with Crippen LogP contribution in [0, 0.1) is 10.1 Å². The Labute approximate surface area is 169 Å². The Bertz CT molecular complexity index is 961. The summed E-state index contributed by atoms with van der Waals surface area (Å²) >= 11 is 5.76. The standard InChI is InChI=1S/C17H10ClF6NO5/c18-12-7-10(17(22,23)24)1-4-14(12)30-11-2-3-13(25(27)28)9(5-11)6-15(26)29-8-16(19,20)21/h1-5,7H,6,8H2. The van der Waals surface area contributed by atoms with E-state index in [0.29, 0.717) is 12.1 Å². The summed E-state index contributed by atoms with van der Waals surface area (Å²) in [6.07, 6.45) is -10.3. The van der Waals surface area contributed by atoms with Crippen molar-refractivity contribution in [2.24, 2.45) is 0 Å². The van der Waals surface area contributed by atoms with Crippen molar-refractivity contribution in [3.05, 3.63) is 62.7 Å². The Kier molecular flexibility index (Phi) is 6.80. The van der Waals surface area contributed by atoms with E-state index in [0.717, 1.165) is 24.3 Å². The van der Waals surface area contributed by atoms with Crippen molar-refractivity contribution in [1.82, 2.24) is 0 Å². The molecule has 0 saturated carbocycles. The van der Waals surface area contributed by atoms with Crippen LogP contribution >= 0.6 is 11.6 Å². The maximum absolute atomic E-state index is 12.7. The van der Waals surface area contributed by atoms with Crippen LogP contribution in [0.1, 0.15) is 11.1 Å². The van der Waals surface area contributed by atoms with Crippen LogP contribution in [0.5, 0.6) is 11.5 Å². The lowest BCUT2D eigenvalue weighted by molar-refractivity contribution is -0.385. The fourth-order valence-electron chi connectivity index (χ4n) is 2.20. The second-order valence-electron chi connectivity index (χ2n) is 5.75. The zero-order chi connectivity index (χ0) is 22.7. The first-order valence-electron chi connectivity index (χ1n) is 7.80. The smallest absolute Gasteiger partial charge is 0.422 e. The van der Waals surface area contributed by atoms with E-state index in [1.165, 1.54) is 0 Å². The minimum Gasteiger partial charge on any atom is -0.456 e. The molecular weight excluding hydrogens is 448 g/mol. The number of benzene rings is 2. The topological polar surface area (TPSA) is 78.7 Å². The molecule has 0 aliphatic heterocycles. The van der Waals surface area contributed by atoms with Gasteiger partial charge < -0.3 is 9.47 Å². The molecule has 162 valence electrons. The second-order valence-corrected chi connectivity index (χ2v) is 6.15. The molecule has 2 rings (SSSR count). The van der Waals surface area contributed by atoms with Crippen LogP contribution in [-0.4, -0.2) is 23.7 Å². The maximum atomic E-state index is 12.7. The average Bonchev–Trinajstić information content (AvgIpc) is 2.60. The number of ether oxygens (including phenoxy) is 2. The molecule has 0 aromatic heterocycles. The van der Waals surface area contributed by atoms with E-state index in [1.54, 1.807) is 0 Å². The number of nitro groups is 1. The van der Waals surface area contributed by atoms with E-state index in [1.807, 2.05) is 0 Å². The zero-order valence-corrected chi connectivity index (χ0v) is 15.3. The third-order valence-corrected chi connectivity index (χ3v) is 3.76. The minimum atomic E-state index is -4.77. The maximum Gasteiger partial charge on any atom is 0.422 e. The van der Waals surface area contributed by atoms with E-state index in [4.69, 9.17) is 16.3 Å². The van der Waals surface area contributed by atoms with Gasteiger partial charge in [0.05, 0.1) is 21.9 Å². The molecule has 6 nitrogen and oxygen atoms in total. The Morgan fingerprint density at radius 1 is 1.07 bits per heavy atom. The van der Waals surface area contributed by atoms with Gasteiger partial charge in [0.1, 0.15) is 11.5 Å². The van der Waals surface area contributed by atoms with Gasteiger partial charge in [0, 0.05) is 11.6 Å². The Hall–Kier alpha value is -3.02. The van der Waals surface area contributed by atoms with Gasteiger partial charge in [-0.3, -0.25) is 14.9 Å². The van der Waals surface area contributed by atoms with Crippen molar-refractivity contribution in [2.75, 3.05) is 6.61 Å². The van der Waals surface area contributed by atoms with Gasteiger partial charge in [-0.1, -0.05) is 11.6 Å². The van der Waals surface area contributed by atoms with Crippen LogP contribution in [0.3, 0.4) is 0 Å². The number of alkyl halides is 6. The highest BCUT2D eigenvalue weighted by atomic mass is 35.5. The minimum absolute atomic E-state index is 0.152. The molecule has 0 amide bonds. The van der Waals surface area contributed by atoms with Gasteiger partial charge in [0.2, 0.25) is 0 Å². The summed E-state index contributed by atoms with van der Waals surface area (Å²) in [6.45, 7) is -1.86. The fourth-order valence-corrected chi connectivity index (χ4v) is 2.42. The first-order chi connectivity index (χ1) is 13.8. The van der Waals surface area contributed by atoms with Gasteiger partial charge >= 0.3 is 18.3 Å². The molecule has 0 heterocycles. The SMILES string of the molecule is O=C(Cc1cc(Oc2ccc(C(F)(F)F)cc2Cl)ccc1[N+](=O)[O-])OCC(F)(F)F. The molecule has 2 aromatic carbocycles. The number of hydrogen-bond acceptors (Lipinski definition) is 5. The number of rotatable bonds is 6. The van der Waals surface area contributed by atoms with Crippen LogP contribution in [0.2, 0.25) is 5.02 Å². The molecule has 0 aliphatic carbocycles. The third-order valence-electron chi connectivity index (χ3n) is 3.47. The summed E-state index contributed by atoms with van der Waals surface area (Å²) in [5.41, 5.74) is -1.95. The first-order valence-corrected chi connectivity index (χ1v) is 8.18. The van der Waals surface area contributed by atoms with E-state index in [2.05, 4.69) is 4.74 Å². The molecule has 0 saturated heterocycles. The third kappa shape index (κ3) is 6.51. The summed E-state index contributed by atoms with van der Waals surface area (Å²) in [4.78, 5) is 21.8. The molecule has 0 atom stereocenters. The highest BCUT2D eigenvalue weighted by Gasteiger charge is 2.31. The summed E-state index contributed by atoms with van der Waals surface area (Å²) < 4.78 is 83.7. The van der Waals surface area contributed by atoms with Crippen molar-refractivity contribution in [3.8, 4) is 11.5 Å². The highest BCUT2D eigenvalue weighted by molar-refractivity contribution is 6.32. The molecule has 0 radical (unpaired) electrons. The molecule has 2 aromatic rings. The molecule has 30 heavy (non-hydrogen) atoms. The van der Waals surface area contributed by atoms with Gasteiger partial charge in [-0.2, -0.15) is 26.3 Å². The normalized spacial score (nSPS) is 11.8. The van der Waals surface area contributed by atoms with E-state index < -0.39 is 52.5 Å². The molecule has 0 N–H and O–H groups in total. The van der Waals surface area contributed by atoms with Crippen molar-refractivity contribution >= 4 is 23.3 Å². The van der Waals surface area contributed by atoms with Crippen molar-refractivity contribution in [3.63, 3.8) is 0 Å². The van der Waals surface area contributed by atoms with E-state index >= 15 is 0 Å². The van der Waals surface area contributed by atoms with Crippen LogP contribution in [0.25, 0.3) is 0 Å². The molecule has 0 bridgehead atoms. The Balaban J connectivity index is 2.25. The number of carbonyl (C=O) groups is 1. The molecule has 0 fully saturated rings. The number of halogens is 7. The summed E-state index contributed by atoms with van der Waals surface area (Å²) in [5.74, 6) is -1.75. The number of esters is 1. The van der Waals surface area contributed by atoms with Crippen molar-refractivity contribution < 1.29 is 45.5 Å². The number of nitro benzene ring substituents is 1. The van der Waals surface area contributed by atoms with Crippen molar-refractivity contribution in [1.29, 1.82) is 0 Å². The van der Waals surface area contributed by atoms with Crippen molar-refractivity contribution in [2.45, 2.75) is 18.8 Å². The van der Waals surface area contributed by atoms with E-state index in [9.17, 15) is 41.3 Å². The molecule has 0 spiro atoms. The quantitative estimate of drug-likeness (QED) is 0.240. The number of carbonyl (C=O) groups excluding carboxylic acids is 1. The lowest BCUT2D eigenvalue weighted by Crippen LogP contribution is -2.21. The summed E-state index contributed by atoms with van der Waals surface area (Å²) in [7, 11) is 0. The number of hydrogen-bond donors (Lipinski definition) is 0. The molecule has 0 unspecified atom stereocenters. The lowest BCUT2D eigenvalue weighted by atomic mass is 10.1. The van der Waals surface area contributed by atoms with Gasteiger partial charge in [0.25, 0.3) is 5.69 Å². The lowest BCUT2D eigenvalue weighted by Gasteiger charge is -2.12. The molecule has 13 heteroatoms. The van der Waals surface area contributed by atoms with E-state index in [-0.39, 0.29) is 17.1 Å². The van der Waals surface area contributed by atoms with Gasteiger partial charge in [-0.25, -0.2) is 0 Å². The van der Waals surface area contributed by atoms with Gasteiger partial charge in [0.15, 0.2) is 6.61 Å². The van der Waals surface area contributed by atoms with Gasteiger partial charge in [-0.05, 0) is 30.3 Å². The Morgan fingerprint density at radius 3 is 2.27 bits per heavy atom. The monoisotopic (exact) mass is 457 g/mol. The predicted molar refractivity (Wildman–Crippen MR) is 90.3 cm³/mol. The zero-order valence-electron chi connectivity index (χ0n) is 14.5. The number of nitrogens with zero attached hydrogens (tertiary/aromatic N) is 1. The Morgan fingerprint density at radius 2 is 1.73 bits per heavy atom. The van der Waals surface area contributed by atoms with Gasteiger partial charge in [-0.15, -0.1) is 0 Å². The van der Waals surface area contributed by atoms with Crippen LogP contribution < -0.4 is 4.74 Å². The van der Waals surface area contributed by atoms with Crippen LogP contribution in [0.4, 0.5) is 32.0 Å². The largest absolute Gasteiger partial charge is 0.456 e. The van der Waals surface area contributed by atoms with Crippen LogP contribution in [-0.2, 0) is 22.1 Å². The summed E-state index contributed by atoms with van der Waals surface area (Å²) in [5, 5.41) is 10.7. The summed E-state index contributed by atoms with van der Waals surface area (Å²) in [6, 6.07) is 5.20. The highest BCUT2D eigenvalue weighted by Crippen LogP contribution is 2.37. The average molecular weight is 458 g/mol. The molecular formula is C17H10ClF6NO5. The fraction of sp³-hybridized carbons (Fsp3) is 0.235. The second kappa shape index (κ2) is 8.78. The van der Waals surface area contributed by atoms with Crippen LogP contribution in [0.15, 0.2) is 36.4 Å². The molecule has 0 aliphatic rings. The first kappa shape index (κ1) is 23.3. The predicted octanol–water partition coefficient (Wildman–Crippen LogP) is 5.71.